The Labute approximate surface area is 99.8 Å². The molecule has 0 saturated carbocycles. The molecule has 0 heteroatoms. The molecule has 86 valence electrons. The zero-order valence-corrected chi connectivity index (χ0v) is 10.0. The van der Waals surface area contributed by atoms with Crippen LogP contribution in [0.15, 0.2) is 60.8 Å². The van der Waals surface area contributed by atoms with Crippen LogP contribution in [0.2, 0.25) is 0 Å². The summed E-state index contributed by atoms with van der Waals surface area (Å²) in [6, 6.07) is 0. The Kier molecular flexibility index (Phi) is 8.16. The van der Waals surface area contributed by atoms with Crippen LogP contribution in [0.4, 0.5) is 0 Å². The molecule has 0 aromatic carbocycles. The van der Waals surface area contributed by atoms with Crippen molar-refractivity contribution in [1.29, 1.82) is 0 Å². The van der Waals surface area contributed by atoms with Gasteiger partial charge in [-0.2, -0.15) is 0 Å². The minimum absolute atomic E-state index is 1.21. The normalized spacial score (nSPS) is 19.0. The first-order valence-corrected chi connectivity index (χ1v) is 6.32. The molecule has 0 amide bonds. The second-order valence-electron chi connectivity index (χ2n) is 4.00. The van der Waals surface area contributed by atoms with Gasteiger partial charge in [0.05, 0.1) is 0 Å². The predicted molar refractivity (Wildman–Crippen MR) is 73.4 cm³/mol. The quantitative estimate of drug-likeness (QED) is 0.525. The van der Waals surface area contributed by atoms with Crippen molar-refractivity contribution in [2.75, 3.05) is 0 Å². The number of rotatable bonds is 0. The molecule has 16 heavy (non-hydrogen) atoms. The van der Waals surface area contributed by atoms with Gasteiger partial charge in [-0.3, -0.25) is 0 Å². The third kappa shape index (κ3) is 8.05. The third-order valence-corrected chi connectivity index (χ3v) is 2.54. The molecular formula is C16H22. The summed E-state index contributed by atoms with van der Waals surface area (Å²) in [6.45, 7) is 0. The molecule has 0 aliphatic heterocycles. The SMILES string of the molecule is C1=CC=CC=CCCCCCCC=CC=C1. The lowest BCUT2D eigenvalue weighted by Crippen LogP contribution is -1.76. The van der Waals surface area contributed by atoms with Gasteiger partial charge >= 0.3 is 0 Å². The van der Waals surface area contributed by atoms with E-state index < -0.39 is 0 Å². The molecule has 1 aliphatic rings. The molecule has 0 aromatic heterocycles. The largest absolute Gasteiger partial charge is 0.0845 e. The van der Waals surface area contributed by atoms with Crippen molar-refractivity contribution >= 4 is 0 Å². The zero-order chi connectivity index (χ0) is 11.3. The second-order valence-corrected chi connectivity index (χ2v) is 4.00. The average molecular weight is 214 g/mol. The van der Waals surface area contributed by atoms with Crippen molar-refractivity contribution < 1.29 is 0 Å². The molecule has 0 nitrogen and oxygen atoms in total. The van der Waals surface area contributed by atoms with Gasteiger partial charge in [-0.25, -0.2) is 0 Å². The van der Waals surface area contributed by atoms with Crippen LogP contribution in [0.1, 0.15) is 38.5 Å². The van der Waals surface area contributed by atoms with Crippen LogP contribution in [-0.2, 0) is 0 Å². The van der Waals surface area contributed by atoms with Crippen molar-refractivity contribution in [3.05, 3.63) is 60.8 Å². The van der Waals surface area contributed by atoms with Gasteiger partial charge in [-0.05, 0) is 25.7 Å². The Morgan fingerprint density at radius 1 is 0.375 bits per heavy atom. The van der Waals surface area contributed by atoms with Crippen LogP contribution >= 0.6 is 0 Å². The lowest BCUT2D eigenvalue weighted by atomic mass is 10.1. The summed E-state index contributed by atoms with van der Waals surface area (Å²) in [6.07, 6.45) is 29.0. The summed E-state index contributed by atoms with van der Waals surface area (Å²) in [7, 11) is 0. The van der Waals surface area contributed by atoms with E-state index in [1.54, 1.807) is 0 Å². The summed E-state index contributed by atoms with van der Waals surface area (Å²) in [4.78, 5) is 0. The Bertz CT molecular complexity index is 257. The maximum absolute atomic E-state index is 2.26. The van der Waals surface area contributed by atoms with Crippen LogP contribution in [0.3, 0.4) is 0 Å². The van der Waals surface area contributed by atoms with E-state index in [1.807, 2.05) is 0 Å². The van der Waals surface area contributed by atoms with Gasteiger partial charge in [-0.1, -0.05) is 73.6 Å². The molecule has 0 aromatic rings. The standard InChI is InChI=1S/C16H22/c1-2-4-6-8-10-12-14-16-15-13-11-9-7-5-3-1/h1-10H,11-16H2. The van der Waals surface area contributed by atoms with Crippen LogP contribution in [0, 0.1) is 0 Å². The summed E-state index contributed by atoms with van der Waals surface area (Å²) in [5.74, 6) is 0. The predicted octanol–water partition coefficient (Wildman–Crippen LogP) is 5.12. The Balaban J connectivity index is 2.40. The maximum Gasteiger partial charge on any atom is -0.0348 e. The van der Waals surface area contributed by atoms with Crippen molar-refractivity contribution in [2.45, 2.75) is 38.5 Å². The van der Waals surface area contributed by atoms with Crippen molar-refractivity contribution in [2.24, 2.45) is 0 Å². The van der Waals surface area contributed by atoms with Gasteiger partial charge in [0, 0.05) is 0 Å². The van der Waals surface area contributed by atoms with Gasteiger partial charge in [0.1, 0.15) is 0 Å². The number of hydrogen-bond acceptors (Lipinski definition) is 0. The minimum Gasteiger partial charge on any atom is -0.0845 e. The van der Waals surface area contributed by atoms with E-state index >= 15 is 0 Å². The topological polar surface area (TPSA) is 0 Å². The number of hydrogen-bond donors (Lipinski definition) is 0. The van der Waals surface area contributed by atoms with Crippen molar-refractivity contribution in [3.63, 3.8) is 0 Å². The monoisotopic (exact) mass is 214 g/mol. The first kappa shape index (κ1) is 12.8. The molecule has 0 radical (unpaired) electrons. The summed E-state index contributed by atoms with van der Waals surface area (Å²) in [5.41, 5.74) is 0. The summed E-state index contributed by atoms with van der Waals surface area (Å²) < 4.78 is 0. The molecule has 0 fully saturated rings. The smallest absolute Gasteiger partial charge is 0.0348 e. The van der Waals surface area contributed by atoms with E-state index in [0.29, 0.717) is 0 Å². The van der Waals surface area contributed by atoms with Gasteiger partial charge in [-0.15, -0.1) is 0 Å². The molecule has 1 rings (SSSR count). The van der Waals surface area contributed by atoms with E-state index in [4.69, 9.17) is 0 Å². The first-order chi connectivity index (χ1) is 8.00. The Morgan fingerprint density at radius 3 is 1.19 bits per heavy atom. The fourth-order valence-electron chi connectivity index (χ4n) is 1.61. The fraction of sp³-hybridized carbons (Fsp3) is 0.375. The van der Waals surface area contributed by atoms with Crippen LogP contribution in [0.5, 0.6) is 0 Å². The fourth-order valence-corrected chi connectivity index (χ4v) is 1.61. The van der Waals surface area contributed by atoms with E-state index in [9.17, 15) is 0 Å². The molecule has 0 unspecified atom stereocenters. The van der Waals surface area contributed by atoms with Gasteiger partial charge < -0.3 is 0 Å². The molecule has 0 saturated heterocycles. The molecule has 0 spiro atoms. The number of allylic oxidation sites excluding steroid dienone is 10. The van der Waals surface area contributed by atoms with Crippen LogP contribution < -0.4 is 0 Å². The van der Waals surface area contributed by atoms with Gasteiger partial charge in [0.25, 0.3) is 0 Å². The zero-order valence-electron chi connectivity index (χ0n) is 10.0. The highest BCUT2D eigenvalue weighted by molar-refractivity contribution is 5.17. The molecule has 1 aliphatic carbocycles. The highest BCUT2D eigenvalue weighted by atomic mass is 13.9. The minimum atomic E-state index is 1.21. The summed E-state index contributed by atoms with van der Waals surface area (Å²) >= 11 is 0. The molecule has 0 atom stereocenters. The molecule has 0 bridgehead atoms. The van der Waals surface area contributed by atoms with Gasteiger partial charge in [0.2, 0.25) is 0 Å². The van der Waals surface area contributed by atoms with Crippen LogP contribution in [-0.4, -0.2) is 0 Å². The maximum atomic E-state index is 2.26. The Hall–Kier alpha value is -1.30. The highest BCUT2D eigenvalue weighted by Gasteiger charge is 1.86. The van der Waals surface area contributed by atoms with Crippen molar-refractivity contribution in [1.82, 2.24) is 0 Å². The van der Waals surface area contributed by atoms with E-state index in [2.05, 4.69) is 60.8 Å². The average Bonchev–Trinajstić information content (AvgIpc) is 2.29. The molecular weight excluding hydrogens is 192 g/mol. The van der Waals surface area contributed by atoms with Gasteiger partial charge in [0.15, 0.2) is 0 Å². The Morgan fingerprint density at radius 2 is 0.750 bits per heavy atom. The highest BCUT2D eigenvalue weighted by Crippen LogP contribution is 2.06. The lowest BCUT2D eigenvalue weighted by molar-refractivity contribution is 0.652. The second kappa shape index (κ2) is 10.2. The van der Waals surface area contributed by atoms with E-state index in [0.717, 1.165) is 0 Å². The first-order valence-electron chi connectivity index (χ1n) is 6.32. The van der Waals surface area contributed by atoms with Crippen molar-refractivity contribution in [3.8, 4) is 0 Å². The third-order valence-electron chi connectivity index (χ3n) is 2.54. The lowest BCUT2D eigenvalue weighted by Gasteiger charge is -1.96. The molecule has 0 N–H and O–H groups in total. The van der Waals surface area contributed by atoms with E-state index in [1.165, 1.54) is 38.5 Å². The molecule has 0 heterocycles. The van der Waals surface area contributed by atoms with E-state index in [-0.39, 0.29) is 0 Å². The van der Waals surface area contributed by atoms with Crippen LogP contribution in [0.25, 0.3) is 0 Å². The summed E-state index contributed by atoms with van der Waals surface area (Å²) in [5, 5.41) is 0.